The maximum atomic E-state index is 14.3. The lowest BCUT2D eigenvalue weighted by Gasteiger charge is -2.34. The molecule has 3 rings (SSSR count). The van der Waals surface area contributed by atoms with E-state index in [0.29, 0.717) is 17.9 Å². The maximum Gasteiger partial charge on any atom is 0.264 e. The number of rotatable bonds is 14. The van der Waals surface area contributed by atoms with Gasteiger partial charge in [-0.1, -0.05) is 55.8 Å². The van der Waals surface area contributed by atoms with E-state index in [4.69, 9.17) is 9.47 Å². The van der Waals surface area contributed by atoms with Gasteiger partial charge in [0.15, 0.2) is 11.5 Å². The van der Waals surface area contributed by atoms with Crippen LogP contribution in [0.2, 0.25) is 0 Å². The Morgan fingerprint density at radius 2 is 1.53 bits per heavy atom. The molecule has 3 aromatic carbocycles. The van der Waals surface area contributed by atoms with Crippen molar-refractivity contribution in [1.82, 2.24) is 10.2 Å². The van der Waals surface area contributed by atoms with Crippen LogP contribution < -0.4 is 19.1 Å². The zero-order chi connectivity index (χ0) is 31.7. The summed E-state index contributed by atoms with van der Waals surface area (Å²) in [7, 11) is -1.27. The second kappa shape index (κ2) is 14.9. The van der Waals surface area contributed by atoms with Crippen LogP contribution >= 0.6 is 0 Å². The summed E-state index contributed by atoms with van der Waals surface area (Å²) in [5.74, 6) is -0.0652. The summed E-state index contributed by atoms with van der Waals surface area (Å²) in [5.41, 5.74) is 2.95. The number of benzene rings is 3. The van der Waals surface area contributed by atoms with Crippen LogP contribution in [0.5, 0.6) is 11.5 Å². The van der Waals surface area contributed by atoms with E-state index in [9.17, 15) is 18.0 Å². The molecule has 0 heterocycles. The highest BCUT2D eigenvalue weighted by atomic mass is 32.2. The molecule has 1 N–H and O–H groups in total. The predicted molar refractivity (Wildman–Crippen MR) is 169 cm³/mol. The molecule has 0 saturated carbocycles. The average molecular weight is 610 g/mol. The fourth-order valence-corrected chi connectivity index (χ4v) is 6.08. The predicted octanol–water partition coefficient (Wildman–Crippen LogP) is 5.24. The average Bonchev–Trinajstić information content (AvgIpc) is 3.00. The molecule has 43 heavy (non-hydrogen) atoms. The van der Waals surface area contributed by atoms with E-state index in [1.807, 2.05) is 58.9 Å². The standard InChI is InChI=1S/C33H43N3O6S/c1-8-25(5)34-33(38)29(9-2)35(21-26-13-11-10-12-24(26)4)32(37)22-36(27-16-19-30(41-6)31(20-27)42-7)43(39,40)28-17-14-23(3)15-18-28/h10-20,25,29H,8-9,21-22H2,1-7H3,(H,34,38)/t25-,29+/m0/s1. The summed E-state index contributed by atoms with van der Waals surface area (Å²) in [6.45, 7) is 9.13. The van der Waals surface area contributed by atoms with Crippen molar-refractivity contribution in [3.63, 3.8) is 0 Å². The Balaban J connectivity index is 2.13. The molecular formula is C33H43N3O6S. The third kappa shape index (κ3) is 8.07. The summed E-state index contributed by atoms with van der Waals surface area (Å²) in [5, 5.41) is 3.00. The first kappa shape index (κ1) is 33.5. The first-order valence-corrected chi connectivity index (χ1v) is 15.9. The van der Waals surface area contributed by atoms with Crippen LogP contribution in [-0.4, -0.2) is 58.0 Å². The van der Waals surface area contributed by atoms with E-state index < -0.39 is 28.5 Å². The Morgan fingerprint density at radius 3 is 2.12 bits per heavy atom. The van der Waals surface area contributed by atoms with Crippen LogP contribution in [0.3, 0.4) is 0 Å². The van der Waals surface area contributed by atoms with Crippen molar-refractivity contribution in [3.8, 4) is 11.5 Å². The van der Waals surface area contributed by atoms with Gasteiger partial charge < -0.3 is 19.7 Å². The molecule has 0 aliphatic rings. The first-order valence-electron chi connectivity index (χ1n) is 14.4. The Hall–Kier alpha value is -4.05. The number of nitrogens with one attached hydrogen (secondary N) is 1. The van der Waals surface area contributed by atoms with Gasteiger partial charge >= 0.3 is 0 Å². The largest absolute Gasteiger partial charge is 0.493 e. The lowest BCUT2D eigenvalue weighted by atomic mass is 10.1. The van der Waals surface area contributed by atoms with Gasteiger partial charge in [0.2, 0.25) is 11.8 Å². The summed E-state index contributed by atoms with van der Waals surface area (Å²) >= 11 is 0. The van der Waals surface area contributed by atoms with Gasteiger partial charge in [-0.05, 0) is 69.0 Å². The number of ether oxygens (including phenoxy) is 2. The van der Waals surface area contributed by atoms with E-state index in [2.05, 4.69) is 5.32 Å². The molecule has 0 saturated heterocycles. The number of carbonyl (C=O) groups excluding carboxylic acids is 2. The highest BCUT2D eigenvalue weighted by molar-refractivity contribution is 7.92. The number of aryl methyl sites for hydroxylation is 2. The van der Waals surface area contributed by atoms with Crippen molar-refractivity contribution in [3.05, 3.63) is 83.4 Å². The summed E-state index contributed by atoms with van der Waals surface area (Å²) < 4.78 is 40.1. The topological polar surface area (TPSA) is 105 Å². The molecule has 0 aromatic heterocycles. The van der Waals surface area contributed by atoms with Crippen molar-refractivity contribution in [1.29, 1.82) is 0 Å². The van der Waals surface area contributed by atoms with Crippen LogP contribution in [0, 0.1) is 13.8 Å². The van der Waals surface area contributed by atoms with Crippen molar-refractivity contribution in [2.45, 2.75) is 71.0 Å². The SMILES string of the molecule is CC[C@H](C(=O)N[C@@H](C)CC)N(Cc1ccccc1C)C(=O)CN(c1ccc(OC)c(OC)c1)S(=O)(=O)c1ccc(C)cc1. The number of amides is 2. The molecule has 0 radical (unpaired) electrons. The third-order valence-electron chi connectivity index (χ3n) is 7.53. The van der Waals surface area contributed by atoms with E-state index in [-0.39, 0.29) is 29.1 Å². The number of carbonyl (C=O) groups is 2. The minimum absolute atomic E-state index is 0.0349. The van der Waals surface area contributed by atoms with E-state index in [0.717, 1.165) is 27.4 Å². The number of nitrogens with zero attached hydrogens (tertiary/aromatic N) is 2. The summed E-state index contributed by atoms with van der Waals surface area (Å²) in [6.07, 6.45) is 1.08. The molecule has 0 unspecified atom stereocenters. The number of hydrogen-bond acceptors (Lipinski definition) is 6. The smallest absolute Gasteiger partial charge is 0.264 e. The van der Waals surface area contributed by atoms with Crippen molar-refractivity contribution < 1.29 is 27.5 Å². The summed E-state index contributed by atoms with van der Waals surface area (Å²) in [6, 6.07) is 17.9. The normalized spacial score (nSPS) is 12.6. The van der Waals surface area contributed by atoms with E-state index in [1.165, 1.54) is 37.3 Å². The lowest BCUT2D eigenvalue weighted by molar-refractivity contribution is -0.140. The van der Waals surface area contributed by atoms with Gasteiger partial charge in [-0.15, -0.1) is 0 Å². The molecule has 0 aliphatic carbocycles. The Bertz CT molecular complexity index is 1510. The first-order chi connectivity index (χ1) is 20.5. The van der Waals surface area contributed by atoms with Crippen molar-refractivity contribution >= 4 is 27.5 Å². The number of sulfonamides is 1. The highest BCUT2D eigenvalue weighted by Crippen LogP contribution is 2.34. The molecule has 232 valence electrons. The second-order valence-corrected chi connectivity index (χ2v) is 12.4. The minimum atomic E-state index is -4.21. The molecule has 0 spiro atoms. The second-order valence-electron chi connectivity index (χ2n) is 10.6. The van der Waals surface area contributed by atoms with Gasteiger partial charge in [-0.2, -0.15) is 0 Å². The van der Waals surface area contributed by atoms with Gasteiger partial charge in [0, 0.05) is 18.7 Å². The van der Waals surface area contributed by atoms with Crippen LogP contribution in [0.4, 0.5) is 5.69 Å². The highest BCUT2D eigenvalue weighted by Gasteiger charge is 2.34. The zero-order valence-electron chi connectivity index (χ0n) is 26.1. The van der Waals surface area contributed by atoms with Gasteiger partial charge in [0.1, 0.15) is 12.6 Å². The maximum absolute atomic E-state index is 14.3. The fraction of sp³-hybridized carbons (Fsp3) is 0.394. The van der Waals surface area contributed by atoms with Crippen LogP contribution in [0.15, 0.2) is 71.6 Å². The Labute approximate surface area is 255 Å². The van der Waals surface area contributed by atoms with Crippen LogP contribution in [0.25, 0.3) is 0 Å². The molecule has 9 nitrogen and oxygen atoms in total. The van der Waals surface area contributed by atoms with E-state index >= 15 is 0 Å². The molecular weight excluding hydrogens is 566 g/mol. The number of anilines is 1. The molecule has 0 aliphatic heterocycles. The van der Waals surface area contributed by atoms with Crippen LogP contribution in [-0.2, 0) is 26.2 Å². The summed E-state index contributed by atoms with van der Waals surface area (Å²) in [4.78, 5) is 29.3. The molecule has 3 aromatic rings. The van der Waals surface area contributed by atoms with Gasteiger partial charge in [0.05, 0.1) is 24.8 Å². The number of hydrogen-bond donors (Lipinski definition) is 1. The zero-order valence-corrected chi connectivity index (χ0v) is 26.9. The molecule has 10 heteroatoms. The van der Waals surface area contributed by atoms with Crippen molar-refractivity contribution in [2.75, 3.05) is 25.1 Å². The van der Waals surface area contributed by atoms with Gasteiger partial charge in [-0.3, -0.25) is 13.9 Å². The van der Waals surface area contributed by atoms with Crippen molar-refractivity contribution in [2.24, 2.45) is 0 Å². The Kier molecular flexibility index (Phi) is 11.6. The molecule has 0 bridgehead atoms. The third-order valence-corrected chi connectivity index (χ3v) is 9.32. The quantitative estimate of drug-likeness (QED) is 0.268. The number of methoxy groups -OCH3 is 2. The monoisotopic (exact) mass is 609 g/mol. The van der Waals surface area contributed by atoms with E-state index in [1.54, 1.807) is 24.3 Å². The lowest BCUT2D eigenvalue weighted by Crippen LogP contribution is -2.53. The van der Waals surface area contributed by atoms with Gasteiger partial charge in [0.25, 0.3) is 10.0 Å². The fourth-order valence-electron chi connectivity index (χ4n) is 4.68. The molecule has 2 atom stereocenters. The molecule has 2 amide bonds. The minimum Gasteiger partial charge on any atom is -0.493 e. The Morgan fingerprint density at radius 1 is 0.884 bits per heavy atom. The molecule has 0 fully saturated rings. The van der Waals surface area contributed by atoms with Gasteiger partial charge in [-0.25, -0.2) is 8.42 Å². The van der Waals surface area contributed by atoms with Crippen LogP contribution in [0.1, 0.15) is 50.3 Å².